The molecule has 0 aliphatic rings. The highest BCUT2D eigenvalue weighted by atomic mass is 32.2. The highest BCUT2D eigenvalue weighted by Gasteiger charge is 2.17. The van der Waals surface area contributed by atoms with E-state index in [1.807, 2.05) is 24.3 Å². The lowest BCUT2D eigenvalue weighted by molar-refractivity contribution is 0.442. The molecule has 0 amide bonds. The van der Waals surface area contributed by atoms with E-state index in [4.69, 9.17) is 4.42 Å². The van der Waals surface area contributed by atoms with Crippen molar-refractivity contribution in [2.45, 2.75) is 31.4 Å². The van der Waals surface area contributed by atoms with Crippen LogP contribution in [-0.4, -0.2) is 24.9 Å². The van der Waals surface area contributed by atoms with Crippen molar-refractivity contribution in [2.75, 3.05) is 6.26 Å². The van der Waals surface area contributed by atoms with Crippen LogP contribution in [0.2, 0.25) is 0 Å². The zero-order chi connectivity index (χ0) is 14.0. The van der Waals surface area contributed by atoms with E-state index >= 15 is 0 Å². The van der Waals surface area contributed by atoms with Crippen molar-refractivity contribution in [2.24, 2.45) is 0 Å². The predicted octanol–water partition coefficient (Wildman–Crippen LogP) is 2.65. The number of hydrogen-bond donors (Lipinski definition) is 0. The van der Waals surface area contributed by atoms with Gasteiger partial charge in [-0.2, -0.15) is 0 Å². The Bertz CT molecular complexity index is 659. The summed E-state index contributed by atoms with van der Waals surface area (Å²) in [5.74, 6) is 0.708. The monoisotopic (exact) mass is 280 g/mol. The molecule has 0 N–H and O–H groups in total. The molecule has 0 aliphatic carbocycles. The molecule has 1 aromatic carbocycles. The molecule has 0 aliphatic heterocycles. The molecule has 2 aromatic rings. The number of hydrogen-bond acceptors (Lipinski definition) is 5. The molecule has 1 heterocycles. The van der Waals surface area contributed by atoms with Crippen molar-refractivity contribution >= 4 is 9.84 Å². The molecular weight excluding hydrogens is 264 g/mol. The van der Waals surface area contributed by atoms with Gasteiger partial charge >= 0.3 is 5.22 Å². The summed E-state index contributed by atoms with van der Waals surface area (Å²) in [6, 6.07) is 7.71. The smallest absolute Gasteiger partial charge is 0.335 e. The van der Waals surface area contributed by atoms with Gasteiger partial charge in [0.1, 0.15) is 0 Å². The van der Waals surface area contributed by atoms with Crippen LogP contribution in [0.3, 0.4) is 0 Å². The maximum atomic E-state index is 11.3. The molecule has 0 saturated carbocycles. The Kier molecular flexibility index (Phi) is 3.71. The number of rotatable bonds is 4. The largest absolute Gasteiger partial charge is 0.408 e. The number of nitrogens with zero attached hydrogens (tertiary/aromatic N) is 2. The Morgan fingerprint density at radius 3 is 2.32 bits per heavy atom. The molecule has 5 nitrogen and oxygen atoms in total. The van der Waals surface area contributed by atoms with Crippen LogP contribution in [0.1, 0.15) is 31.7 Å². The third-order valence-electron chi connectivity index (χ3n) is 3.06. The highest BCUT2D eigenvalue weighted by molar-refractivity contribution is 7.90. The average Bonchev–Trinajstić information content (AvgIpc) is 2.87. The third-order valence-corrected chi connectivity index (χ3v) is 3.86. The quantitative estimate of drug-likeness (QED) is 0.860. The number of sulfone groups is 1. The lowest BCUT2D eigenvalue weighted by atomic mass is 9.98. The molecule has 6 heteroatoms. The lowest BCUT2D eigenvalue weighted by Crippen LogP contribution is -1.96. The molecule has 102 valence electrons. The van der Waals surface area contributed by atoms with E-state index in [9.17, 15) is 8.42 Å². The van der Waals surface area contributed by atoms with Gasteiger partial charge in [0.25, 0.3) is 0 Å². The first kappa shape index (κ1) is 13.7. The van der Waals surface area contributed by atoms with Crippen LogP contribution < -0.4 is 0 Å². The molecule has 0 radical (unpaired) electrons. The van der Waals surface area contributed by atoms with E-state index in [1.54, 1.807) is 0 Å². The van der Waals surface area contributed by atoms with Gasteiger partial charge in [0, 0.05) is 11.8 Å². The minimum absolute atomic E-state index is 0.219. The summed E-state index contributed by atoms with van der Waals surface area (Å²) < 4.78 is 27.7. The van der Waals surface area contributed by atoms with Gasteiger partial charge in [-0.1, -0.05) is 31.1 Å². The van der Waals surface area contributed by atoms with Crippen LogP contribution in [0.5, 0.6) is 0 Å². The second-order valence-corrected chi connectivity index (χ2v) is 6.47. The van der Waals surface area contributed by atoms with Crippen LogP contribution in [0.4, 0.5) is 0 Å². The minimum Gasteiger partial charge on any atom is -0.408 e. The van der Waals surface area contributed by atoms with Crippen LogP contribution in [0.15, 0.2) is 33.9 Å². The Hall–Kier alpha value is -1.69. The van der Waals surface area contributed by atoms with Crippen molar-refractivity contribution in [3.63, 3.8) is 0 Å². The van der Waals surface area contributed by atoms with Crippen LogP contribution in [-0.2, 0) is 9.84 Å². The summed E-state index contributed by atoms with van der Waals surface area (Å²) >= 11 is 0. The maximum Gasteiger partial charge on any atom is 0.335 e. The van der Waals surface area contributed by atoms with Gasteiger partial charge in [0.2, 0.25) is 15.7 Å². The molecule has 0 bridgehead atoms. The van der Waals surface area contributed by atoms with Crippen LogP contribution >= 0.6 is 0 Å². The van der Waals surface area contributed by atoms with Crippen LogP contribution in [0.25, 0.3) is 11.5 Å². The van der Waals surface area contributed by atoms with Gasteiger partial charge in [-0.15, -0.1) is 5.10 Å². The van der Waals surface area contributed by atoms with Gasteiger partial charge in [-0.25, -0.2) is 8.42 Å². The van der Waals surface area contributed by atoms with E-state index in [-0.39, 0.29) is 11.1 Å². The topological polar surface area (TPSA) is 73.1 Å². The first-order valence-electron chi connectivity index (χ1n) is 6.05. The van der Waals surface area contributed by atoms with Crippen molar-refractivity contribution in [3.05, 3.63) is 29.8 Å². The fourth-order valence-corrected chi connectivity index (χ4v) is 2.09. The van der Waals surface area contributed by atoms with Gasteiger partial charge in [0.15, 0.2) is 0 Å². The molecule has 1 unspecified atom stereocenters. The van der Waals surface area contributed by atoms with E-state index in [0.29, 0.717) is 5.92 Å². The average molecular weight is 280 g/mol. The maximum absolute atomic E-state index is 11.3. The standard InChI is InChI=1S/C13H16N2O3S/c1-4-9(2)10-5-7-11(8-6-10)12-14-15-13(18-12)19(3,16)17/h5-9H,4H2,1-3H3. The van der Waals surface area contributed by atoms with E-state index in [2.05, 4.69) is 24.0 Å². The van der Waals surface area contributed by atoms with Gasteiger partial charge < -0.3 is 4.42 Å². The molecule has 1 aromatic heterocycles. The Balaban J connectivity index is 2.30. The molecule has 2 rings (SSSR count). The summed E-state index contributed by atoms with van der Waals surface area (Å²) in [5.41, 5.74) is 1.95. The highest BCUT2D eigenvalue weighted by Crippen LogP contribution is 2.24. The molecule has 1 atom stereocenters. The van der Waals surface area contributed by atoms with Crippen LogP contribution in [0, 0.1) is 0 Å². The normalized spacial score (nSPS) is 13.4. The first-order valence-corrected chi connectivity index (χ1v) is 7.95. The van der Waals surface area contributed by atoms with Crippen molar-refractivity contribution in [1.82, 2.24) is 10.2 Å². The van der Waals surface area contributed by atoms with Crippen molar-refractivity contribution < 1.29 is 12.8 Å². The zero-order valence-corrected chi connectivity index (χ0v) is 11.9. The van der Waals surface area contributed by atoms with Crippen molar-refractivity contribution in [1.29, 1.82) is 0 Å². The fraction of sp³-hybridized carbons (Fsp3) is 0.385. The Labute approximate surface area is 112 Å². The SMILES string of the molecule is CCC(C)c1ccc(-c2nnc(S(C)(=O)=O)o2)cc1. The zero-order valence-electron chi connectivity index (χ0n) is 11.1. The van der Waals surface area contributed by atoms with E-state index in [1.165, 1.54) is 5.56 Å². The number of aromatic nitrogens is 2. The first-order chi connectivity index (χ1) is 8.91. The Morgan fingerprint density at radius 2 is 1.84 bits per heavy atom. The molecule has 0 fully saturated rings. The number of benzene rings is 1. The second-order valence-electron chi connectivity index (χ2n) is 4.58. The lowest BCUT2D eigenvalue weighted by Gasteiger charge is -2.08. The summed E-state index contributed by atoms with van der Waals surface area (Å²) in [7, 11) is -3.46. The van der Waals surface area contributed by atoms with Gasteiger partial charge in [-0.3, -0.25) is 0 Å². The predicted molar refractivity (Wildman–Crippen MR) is 71.5 cm³/mol. The summed E-state index contributed by atoms with van der Waals surface area (Å²) in [6.45, 7) is 4.29. The third kappa shape index (κ3) is 3.01. The van der Waals surface area contributed by atoms with E-state index < -0.39 is 9.84 Å². The Morgan fingerprint density at radius 1 is 1.21 bits per heavy atom. The molecule has 0 saturated heterocycles. The fourth-order valence-electron chi connectivity index (χ4n) is 1.67. The van der Waals surface area contributed by atoms with Crippen molar-refractivity contribution in [3.8, 4) is 11.5 Å². The van der Waals surface area contributed by atoms with E-state index in [0.717, 1.165) is 18.2 Å². The van der Waals surface area contributed by atoms with Gasteiger partial charge in [-0.05, 0) is 30.0 Å². The summed E-state index contributed by atoms with van der Waals surface area (Å²) in [4.78, 5) is 0. The summed E-state index contributed by atoms with van der Waals surface area (Å²) in [6.07, 6.45) is 2.11. The minimum atomic E-state index is -3.46. The molecule has 0 spiro atoms. The molecular formula is C13H16N2O3S. The second kappa shape index (κ2) is 5.13. The van der Waals surface area contributed by atoms with Gasteiger partial charge in [0.05, 0.1) is 0 Å². The summed E-state index contributed by atoms with van der Waals surface area (Å²) in [5, 5.41) is 6.93. The molecule has 19 heavy (non-hydrogen) atoms.